The van der Waals surface area contributed by atoms with E-state index in [1.807, 2.05) is 0 Å². The minimum Gasteiger partial charge on any atom is -0.497 e. The number of carboxylic acids is 1. The molecule has 0 aliphatic rings. The summed E-state index contributed by atoms with van der Waals surface area (Å²) in [6.45, 7) is -0.0393. The number of nitrogens with zero attached hydrogens (tertiary/aromatic N) is 2. The third-order valence-corrected chi connectivity index (χ3v) is 3.17. The van der Waals surface area contributed by atoms with Gasteiger partial charge in [0, 0.05) is 25.0 Å². The quantitative estimate of drug-likeness (QED) is 0.911. The van der Waals surface area contributed by atoms with Gasteiger partial charge in [0.2, 0.25) is 5.91 Å². The Morgan fingerprint density at radius 1 is 1.29 bits per heavy atom. The molecular formula is C15H16N2O4. The molecule has 21 heavy (non-hydrogen) atoms. The Kier molecular flexibility index (Phi) is 4.27. The molecule has 1 amide bonds. The van der Waals surface area contributed by atoms with Gasteiger partial charge in [0.15, 0.2) is 0 Å². The number of methoxy groups -OCH3 is 1. The summed E-state index contributed by atoms with van der Waals surface area (Å²) in [5.74, 6) is -0.627. The second-order valence-corrected chi connectivity index (χ2v) is 4.48. The fourth-order valence-electron chi connectivity index (χ4n) is 1.96. The van der Waals surface area contributed by atoms with E-state index in [1.165, 1.54) is 15.5 Å². The predicted octanol–water partition coefficient (Wildman–Crippen LogP) is 1.86. The standard InChI is InChI=1S/C15H16N2O4/c1-16(11-5-3-6-12(9-11)21-2)14(18)10-17-8-4-7-13(17)15(19)20/h3-9H,10H2,1-2H3,(H,19,20). The number of ether oxygens (including phenoxy) is 1. The van der Waals surface area contributed by atoms with E-state index in [9.17, 15) is 9.59 Å². The van der Waals surface area contributed by atoms with Crippen molar-refractivity contribution in [3.8, 4) is 5.75 Å². The minimum atomic E-state index is -1.06. The predicted molar refractivity (Wildman–Crippen MR) is 77.8 cm³/mol. The number of hydrogen-bond acceptors (Lipinski definition) is 3. The lowest BCUT2D eigenvalue weighted by molar-refractivity contribution is -0.118. The van der Waals surface area contributed by atoms with Crippen molar-refractivity contribution in [2.75, 3.05) is 19.1 Å². The van der Waals surface area contributed by atoms with Crippen molar-refractivity contribution in [1.29, 1.82) is 0 Å². The largest absolute Gasteiger partial charge is 0.497 e. The fourth-order valence-corrected chi connectivity index (χ4v) is 1.96. The molecule has 0 bridgehead atoms. The summed E-state index contributed by atoms with van der Waals surface area (Å²) in [6, 6.07) is 10.2. The lowest BCUT2D eigenvalue weighted by Crippen LogP contribution is -2.30. The summed E-state index contributed by atoms with van der Waals surface area (Å²) in [5, 5.41) is 9.03. The van der Waals surface area contributed by atoms with Crippen LogP contribution in [0.4, 0.5) is 5.69 Å². The topological polar surface area (TPSA) is 71.8 Å². The molecule has 0 saturated carbocycles. The highest BCUT2D eigenvalue weighted by molar-refractivity contribution is 5.94. The molecule has 0 atom stereocenters. The molecule has 0 radical (unpaired) electrons. The second kappa shape index (κ2) is 6.13. The molecule has 2 aromatic rings. The minimum absolute atomic E-state index is 0.0393. The van der Waals surface area contributed by atoms with Gasteiger partial charge in [0.05, 0.1) is 7.11 Å². The van der Waals surface area contributed by atoms with Crippen molar-refractivity contribution in [2.45, 2.75) is 6.54 Å². The van der Waals surface area contributed by atoms with Crippen LogP contribution in [-0.4, -0.2) is 35.7 Å². The van der Waals surface area contributed by atoms with Gasteiger partial charge in [-0.1, -0.05) is 6.07 Å². The maximum absolute atomic E-state index is 12.3. The smallest absolute Gasteiger partial charge is 0.352 e. The van der Waals surface area contributed by atoms with E-state index in [1.54, 1.807) is 50.7 Å². The molecular weight excluding hydrogens is 272 g/mol. The molecule has 2 rings (SSSR count). The molecule has 0 unspecified atom stereocenters. The van der Waals surface area contributed by atoms with Crippen LogP contribution in [0.5, 0.6) is 5.75 Å². The van der Waals surface area contributed by atoms with Gasteiger partial charge in [-0.05, 0) is 24.3 Å². The SMILES string of the molecule is COc1cccc(N(C)C(=O)Cn2cccc2C(=O)O)c1. The second-order valence-electron chi connectivity index (χ2n) is 4.48. The van der Waals surface area contributed by atoms with Crippen molar-refractivity contribution in [2.24, 2.45) is 0 Å². The number of aromatic carboxylic acids is 1. The Morgan fingerprint density at radius 3 is 2.71 bits per heavy atom. The first-order valence-electron chi connectivity index (χ1n) is 6.32. The number of benzene rings is 1. The molecule has 1 N–H and O–H groups in total. The Balaban J connectivity index is 2.15. The van der Waals surface area contributed by atoms with E-state index in [0.29, 0.717) is 11.4 Å². The average Bonchev–Trinajstić information content (AvgIpc) is 2.94. The number of likely N-dealkylation sites (N-methyl/N-ethyl adjacent to an activating group) is 1. The van der Waals surface area contributed by atoms with Crippen LogP contribution in [0.3, 0.4) is 0 Å². The van der Waals surface area contributed by atoms with Crippen LogP contribution in [-0.2, 0) is 11.3 Å². The number of hydrogen-bond donors (Lipinski definition) is 1. The van der Waals surface area contributed by atoms with Crippen LogP contribution in [0.2, 0.25) is 0 Å². The third-order valence-electron chi connectivity index (χ3n) is 3.17. The van der Waals surface area contributed by atoms with Gasteiger partial charge in [-0.3, -0.25) is 4.79 Å². The normalized spacial score (nSPS) is 10.2. The van der Waals surface area contributed by atoms with Crippen molar-refractivity contribution in [3.05, 3.63) is 48.3 Å². The first kappa shape index (κ1) is 14.6. The van der Waals surface area contributed by atoms with Gasteiger partial charge in [-0.15, -0.1) is 0 Å². The van der Waals surface area contributed by atoms with Crippen LogP contribution in [0.15, 0.2) is 42.6 Å². The number of aromatic nitrogens is 1. The molecule has 1 aromatic heterocycles. The van der Waals surface area contributed by atoms with Gasteiger partial charge in [0.1, 0.15) is 18.0 Å². The van der Waals surface area contributed by atoms with Crippen LogP contribution in [0.1, 0.15) is 10.5 Å². The number of rotatable bonds is 5. The maximum Gasteiger partial charge on any atom is 0.352 e. The highest BCUT2D eigenvalue weighted by atomic mass is 16.5. The van der Waals surface area contributed by atoms with Gasteiger partial charge >= 0.3 is 5.97 Å². The van der Waals surface area contributed by atoms with Crippen LogP contribution in [0.25, 0.3) is 0 Å². The first-order valence-corrected chi connectivity index (χ1v) is 6.32. The van der Waals surface area contributed by atoms with Crippen molar-refractivity contribution < 1.29 is 19.4 Å². The number of carbonyl (C=O) groups excluding carboxylic acids is 1. The molecule has 0 aliphatic heterocycles. The third kappa shape index (κ3) is 3.22. The van der Waals surface area contributed by atoms with E-state index in [4.69, 9.17) is 9.84 Å². The van der Waals surface area contributed by atoms with E-state index in [-0.39, 0.29) is 18.1 Å². The van der Waals surface area contributed by atoms with E-state index < -0.39 is 5.97 Å². The Morgan fingerprint density at radius 2 is 2.05 bits per heavy atom. The summed E-state index contributed by atoms with van der Waals surface area (Å²) in [5.41, 5.74) is 0.769. The Hall–Kier alpha value is -2.76. The first-order chi connectivity index (χ1) is 10.0. The van der Waals surface area contributed by atoms with Crippen molar-refractivity contribution in [1.82, 2.24) is 4.57 Å². The zero-order chi connectivity index (χ0) is 15.4. The van der Waals surface area contributed by atoms with E-state index >= 15 is 0 Å². The molecule has 6 heteroatoms. The number of anilines is 1. The highest BCUT2D eigenvalue weighted by Gasteiger charge is 2.15. The highest BCUT2D eigenvalue weighted by Crippen LogP contribution is 2.20. The zero-order valence-electron chi connectivity index (χ0n) is 11.8. The van der Waals surface area contributed by atoms with Gasteiger partial charge in [0.25, 0.3) is 0 Å². The van der Waals surface area contributed by atoms with Crippen molar-refractivity contribution >= 4 is 17.6 Å². The van der Waals surface area contributed by atoms with E-state index in [2.05, 4.69) is 0 Å². The summed E-state index contributed by atoms with van der Waals surface area (Å²) >= 11 is 0. The molecule has 110 valence electrons. The summed E-state index contributed by atoms with van der Waals surface area (Å²) < 4.78 is 6.52. The van der Waals surface area contributed by atoms with Gasteiger partial charge in [-0.25, -0.2) is 4.79 Å². The number of carboxylic acid groups (broad SMARTS) is 1. The monoisotopic (exact) mass is 288 g/mol. The van der Waals surface area contributed by atoms with E-state index in [0.717, 1.165) is 0 Å². The molecule has 1 aromatic carbocycles. The number of carbonyl (C=O) groups is 2. The lowest BCUT2D eigenvalue weighted by Gasteiger charge is -2.18. The average molecular weight is 288 g/mol. The summed E-state index contributed by atoms with van der Waals surface area (Å²) in [4.78, 5) is 24.7. The summed E-state index contributed by atoms with van der Waals surface area (Å²) in [7, 11) is 3.20. The molecule has 1 heterocycles. The maximum atomic E-state index is 12.3. The van der Waals surface area contributed by atoms with Crippen LogP contribution < -0.4 is 9.64 Å². The number of amides is 1. The fraction of sp³-hybridized carbons (Fsp3) is 0.200. The molecule has 6 nitrogen and oxygen atoms in total. The van der Waals surface area contributed by atoms with Gasteiger partial charge in [-0.2, -0.15) is 0 Å². The molecule has 0 aliphatic carbocycles. The molecule has 0 spiro atoms. The Labute approximate surface area is 122 Å². The molecule has 0 fully saturated rings. The molecule has 0 saturated heterocycles. The van der Waals surface area contributed by atoms with Crippen LogP contribution >= 0.6 is 0 Å². The van der Waals surface area contributed by atoms with Crippen molar-refractivity contribution in [3.63, 3.8) is 0 Å². The lowest BCUT2D eigenvalue weighted by atomic mass is 10.2. The van der Waals surface area contributed by atoms with Gasteiger partial charge < -0.3 is 19.3 Å². The summed E-state index contributed by atoms with van der Waals surface area (Å²) in [6.07, 6.45) is 1.57. The Bertz CT molecular complexity index is 663. The zero-order valence-corrected chi connectivity index (χ0v) is 11.8. The van der Waals surface area contributed by atoms with Crippen LogP contribution in [0, 0.1) is 0 Å².